The number of esters is 1. The summed E-state index contributed by atoms with van der Waals surface area (Å²) in [5.74, 6) is 1.04. The molecule has 0 aliphatic carbocycles. The molecule has 1 heterocycles. The van der Waals surface area contributed by atoms with Crippen molar-refractivity contribution in [1.82, 2.24) is 0 Å². The van der Waals surface area contributed by atoms with E-state index in [0.29, 0.717) is 17.9 Å². The Kier molecular flexibility index (Phi) is 6.57. The Morgan fingerprint density at radius 2 is 1.81 bits per heavy atom. The molecule has 0 saturated carbocycles. The largest absolute Gasteiger partial charge is 0.487 e. The molecule has 0 N–H and O–H groups in total. The summed E-state index contributed by atoms with van der Waals surface area (Å²) in [6.07, 6.45) is 5.31. The zero-order valence-corrected chi connectivity index (χ0v) is 19.4. The van der Waals surface area contributed by atoms with Crippen LogP contribution in [0.5, 0.6) is 5.75 Å². The van der Waals surface area contributed by atoms with Crippen LogP contribution in [0.2, 0.25) is 0 Å². The Morgan fingerprint density at radius 1 is 1.15 bits per heavy atom. The summed E-state index contributed by atoms with van der Waals surface area (Å²) in [7, 11) is 0. The lowest BCUT2D eigenvalue weighted by molar-refractivity contribution is -0.130. The molecule has 3 rings (SSSR count). The molecule has 132 valence electrons. The van der Waals surface area contributed by atoms with Crippen LogP contribution in [0.25, 0.3) is 11.8 Å². The minimum Gasteiger partial charge on any atom is -0.487 e. The van der Waals surface area contributed by atoms with Gasteiger partial charge in [-0.1, -0.05) is 40.7 Å². The lowest BCUT2D eigenvalue weighted by Gasteiger charge is -2.09. The monoisotopic (exact) mass is 634 g/mol. The third-order valence-electron chi connectivity index (χ3n) is 3.54. The molecule has 0 radical (unpaired) electrons. The first kappa shape index (κ1) is 19.6. The van der Waals surface area contributed by atoms with Crippen molar-refractivity contribution in [3.63, 3.8) is 0 Å². The molecule has 0 aromatic heterocycles. The smallest absolute Gasteiger partial charge is 0.343 e. The molecule has 0 atom stereocenters. The van der Waals surface area contributed by atoms with E-state index in [1.165, 1.54) is 0 Å². The van der Waals surface area contributed by atoms with Crippen molar-refractivity contribution in [2.45, 2.75) is 0 Å². The molecule has 0 saturated heterocycles. The van der Waals surface area contributed by atoms with Crippen LogP contribution >= 0.6 is 61.1 Å². The van der Waals surface area contributed by atoms with Crippen LogP contribution in [-0.2, 0) is 9.53 Å². The average Bonchev–Trinajstić information content (AvgIpc) is 2.95. The van der Waals surface area contributed by atoms with E-state index in [2.05, 4.69) is 67.7 Å². The van der Waals surface area contributed by atoms with Gasteiger partial charge in [0.15, 0.2) is 0 Å². The SMILES string of the molecule is C=CCOc1c(I)cc(/C=C2\C=C(c3ccc(Br)cc3)OC2=O)cc1I. The summed E-state index contributed by atoms with van der Waals surface area (Å²) in [6, 6.07) is 11.6. The van der Waals surface area contributed by atoms with Gasteiger partial charge < -0.3 is 9.47 Å². The number of ether oxygens (including phenoxy) is 2. The van der Waals surface area contributed by atoms with Gasteiger partial charge in [-0.15, -0.1) is 0 Å². The highest BCUT2D eigenvalue weighted by atomic mass is 127. The van der Waals surface area contributed by atoms with Crippen LogP contribution in [-0.4, -0.2) is 12.6 Å². The Morgan fingerprint density at radius 3 is 2.42 bits per heavy atom. The summed E-state index contributed by atoms with van der Waals surface area (Å²) in [5, 5.41) is 0. The summed E-state index contributed by atoms with van der Waals surface area (Å²) in [6.45, 7) is 4.12. The Bertz CT molecular complexity index is 908. The van der Waals surface area contributed by atoms with E-state index in [1.807, 2.05) is 42.5 Å². The van der Waals surface area contributed by atoms with Gasteiger partial charge in [-0.2, -0.15) is 0 Å². The first-order valence-electron chi connectivity index (χ1n) is 7.62. The topological polar surface area (TPSA) is 35.5 Å². The molecule has 0 bridgehead atoms. The van der Waals surface area contributed by atoms with E-state index in [9.17, 15) is 4.79 Å². The Labute approximate surface area is 187 Å². The molecule has 1 aliphatic rings. The Balaban J connectivity index is 1.90. The molecule has 1 aliphatic heterocycles. The predicted octanol–water partition coefficient (Wildman–Crippen LogP) is 6.20. The highest BCUT2D eigenvalue weighted by Crippen LogP contribution is 2.32. The lowest BCUT2D eigenvalue weighted by atomic mass is 10.1. The van der Waals surface area contributed by atoms with Crippen LogP contribution in [0.1, 0.15) is 11.1 Å². The van der Waals surface area contributed by atoms with Gasteiger partial charge in [0.05, 0.1) is 12.7 Å². The molecular formula is C20H13BrI2O3. The molecule has 3 nitrogen and oxygen atoms in total. The van der Waals surface area contributed by atoms with Crippen molar-refractivity contribution in [3.8, 4) is 5.75 Å². The number of halogens is 3. The Hall–Kier alpha value is -1.13. The van der Waals surface area contributed by atoms with Gasteiger partial charge in [-0.25, -0.2) is 4.79 Å². The number of carbonyl (C=O) groups excluding carboxylic acids is 1. The fourth-order valence-corrected chi connectivity index (χ4v) is 4.76. The molecule has 2 aromatic rings. The maximum Gasteiger partial charge on any atom is 0.343 e. The maximum atomic E-state index is 12.2. The summed E-state index contributed by atoms with van der Waals surface area (Å²) in [4.78, 5) is 12.2. The third-order valence-corrected chi connectivity index (χ3v) is 5.67. The van der Waals surface area contributed by atoms with Crippen molar-refractivity contribution >= 4 is 78.9 Å². The molecular weight excluding hydrogens is 622 g/mol. The second-order valence-electron chi connectivity index (χ2n) is 5.42. The van der Waals surface area contributed by atoms with Gasteiger partial charge in [-0.3, -0.25) is 0 Å². The molecule has 0 fully saturated rings. The zero-order chi connectivity index (χ0) is 18.7. The van der Waals surface area contributed by atoms with Gasteiger partial charge in [0.2, 0.25) is 0 Å². The molecule has 26 heavy (non-hydrogen) atoms. The maximum absolute atomic E-state index is 12.2. The predicted molar refractivity (Wildman–Crippen MR) is 124 cm³/mol. The van der Waals surface area contributed by atoms with Gasteiger partial charge in [0, 0.05) is 10.0 Å². The summed E-state index contributed by atoms with van der Waals surface area (Å²) < 4.78 is 14.0. The van der Waals surface area contributed by atoms with E-state index < -0.39 is 0 Å². The minimum absolute atomic E-state index is 0.347. The molecule has 6 heteroatoms. The number of carbonyl (C=O) groups is 1. The highest BCUT2D eigenvalue weighted by Gasteiger charge is 2.22. The molecule has 0 unspecified atom stereocenters. The second kappa shape index (κ2) is 8.71. The van der Waals surface area contributed by atoms with Crippen LogP contribution < -0.4 is 4.74 Å². The first-order valence-corrected chi connectivity index (χ1v) is 10.6. The number of rotatable bonds is 5. The van der Waals surface area contributed by atoms with Crippen LogP contribution in [0.4, 0.5) is 0 Å². The number of cyclic esters (lactones) is 1. The second-order valence-corrected chi connectivity index (χ2v) is 8.66. The van der Waals surface area contributed by atoms with E-state index >= 15 is 0 Å². The van der Waals surface area contributed by atoms with Crippen LogP contribution in [0.3, 0.4) is 0 Å². The number of benzene rings is 2. The highest BCUT2D eigenvalue weighted by molar-refractivity contribution is 14.1. The van der Waals surface area contributed by atoms with E-state index in [0.717, 1.165) is 28.5 Å². The third kappa shape index (κ3) is 4.58. The van der Waals surface area contributed by atoms with Crippen molar-refractivity contribution < 1.29 is 14.3 Å². The van der Waals surface area contributed by atoms with E-state index in [4.69, 9.17) is 9.47 Å². The zero-order valence-electron chi connectivity index (χ0n) is 13.5. The summed E-state index contributed by atoms with van der Waals surface area (Å²) in [5.41, 5.74) is 2.31. The van der Waals surface area contributed by atoms with E-state index in [1.54, 1.807) is 12.2 Å². The van der Waals surface area contributed by atoms with Gasteiger partial charge in [0.1, 0.15) is 18.1 Å². The van der Waals surface area contributed by atoms with Crippen LogP contribution in [0.15, 0.2) is 65.2 Å². The standard InChI is InChI=1S/C20H13BrI2O3/c1-2-7-25-19-16(22)9-12(10-17(19)23)8-14-11-18(26-20(14)24)13-3-5-15(21)6-4-13/h2-6,8-11H,1,7H2/b14-8+. The quantitative estimate of drug-likeness (QED) is 0.170. The minimum atomic E-state index is -0.347. The van der Waals surface area contributed by atoms with Gasteiger partial charge in [0.25, 0.3) is 0 Å². The van der Waals surface area contributed by atoms with Crippen LogP contribution in [0, 0.1) is 7.14 Å². The van der Waals surface area contributed by atoms with E-state index in [-0.39, 0.29) is 5.97 Å². The fraction of sp³-hybridized carbons (Fsp3) is 0.0500. The molecule has 2 aromatic carbocycles. The van der Waals surface area contributed by atoms with Crippen molar-refractivity contribution in [2.75, 3.05) is 6.61 Å². The number of hydrogen-bond acceptors (Lipinski definition) is 3. The van der Waals surface area contributed by atoms with Crippen molar-refractivity contribution in [1.29, 1.82) is 0 Å². The van der Waals surface area contributed by atoms with Crippen molar-refractivity contribution in [3.05, 3.63) is 83.4 Å². The lowest BCUT2D eigenvalue weighted by Crippen LogP contribution is -1.99. The summed E-state index contributed by atoms with van der Waals surface area (Å²) >= 11 is 7.86. The molecule has 0 amide bonds. The van der Waals surface area contributed by atoms with Gasteiger partial charge in [-0.05, 0) is 87.2 Å². The fourth-order valence-electron chi connectivity index (χ4n) is 2.37. The van der Waals surface area contributed by atoms with Gasteiger partial charge >= 0.3 is 5.97 Å². The molecule has 0 spiro atoms. The average molecular weight is 635 g/mol. The normalized spacial score (nSPS) is 15.0. The van der Waals surface area contributed by atoms with Crippen molar-refractivity contribution in [2.24, 2.45) is 0 Å². The number of hydrogen-bond donors (Lipinski definition) is 0. The first-order chi connectivity index (χ1) is 12.5.